The first-order valence-corrected chi connectivity index (χ1v) is 11.2. The fourth-order valence-corrected chi connectivity index (χ4v) is 3.96. The lowest BCUT2D eigenvalue weighted by Gasteiger charge is -2.14. The topological polar surface area (TPSA) is 111 Å². The van der Waals surface area contributed by atoms with Gasteiger partial charge in [0.25, 0.3) is 11.8 Å². The van der Waals surface area contributed by atoms with Crippen molar-refractivity contribution in [1.29, 1.82) is 0 Å². The number of aromatic nitrogens is 1. The Morgan fingerprint density at radius 2 is 1.74 bits per heavy atom. The summed E-state index contributed by atoms with van der Waals surface area (Å²) in [4.78, 5) is 40.0. The summed E-state index contributed by atoms with van der Waals surface area (Å²) in [5.74, 6) is -1.58. The Hall–Kier alpha value is -4.13. The molecule has 4 N–H and O–H groups in total. The molecular formula is C27H29N3O4. The number of nitrogens with one attached hydrogen (secondary N) is 3. The first-order valence-electron chi connectivity index (χ1n) is 11.2. The van der Waals surface area contributed by atoms with Crippen LogP contribution >= 0.6 is 0 Å². The van der Waals surface area contributed by atoms with E-state index >= 15 is 0 Å². The fourth-order valence-electron chi connectivity index (χ4n) is 3.96. The molecule has 1 aromatic heterocycles. The third-order valence-electron chi connectivity index (χ3n) is 5.69. The molecule has 1 aliphatic rings. The molecule has 34 heavy (non-hydrogen) atoms. The molecule has 0 fully saturated rings. The van der Waals surface area contributed by atoms with E-state index in [0.717, 1.165) is 5.56 Å². The monoisotopic (exact) mass is 459 g/mol. The molecule has 1 aliphatic heterocycles. The highest BCUT2D eigenvalue weighted by atomic mass is 16.4. The highest BCUT2D eigenvalue weighted by Gasteiger charge is 2.27. The van der Waals surface area contributed by atoms with Gasteiger partial charge in [0.05, 0.1) is 17.2 Å². The van der Waals surface area contributed by atoms with Crippen molar-refractivity contribution in [1.82, 2.24) is 10.3 Å². The van der Waals surface area contributed by atoms with Crippen LogP contribution in [0.4, 0.5) is 5.69 Å². The van der Waals surface area contributed by atoms with Crippen molar-refractivity contribution in [2.75, 3.05) is 5.32 Å². The van der Waals surface area contributed by atoms with Gasteiger partial charge in [0.2, 0.25) is 0 Å². The molecule has 176 valence electrons. The molecule has 0 spiro atoms. The Balaban J connectivity index is 0.00000158. The SMILES string of the molecule is CC.Cc1[nH]c(/C=C2\C(=O)Nc3ccc(C(=O)NC(C)c4ccccc4)cc32)c(C)c1C(=O)O. The number of aromatic carboxylic acids is 1. The second kappa shape index (κ2) is 10.2. The van der Waals surface area contributed by atoms with Crippen molar-refractivity contribution in [2.24, 2.45) is 0 Å². The molecule has 0 bridgehead atoms. The molecule has 2 heterocycles. The van der Waals surface area contributed by atoms with Crippen molar-refractivity contribution >= 4 is 35.1 Å². The largest absolute Gasteiger partial charge is 0.478 e. The Bertz CT molecular complexity index is 1270. The second-order valence-electron chi connectivity index (χ2n) is 7.85. The number of H-pyrrole nitrogens is 1. The normalized spacial score (nSPS) is 14.0. The van der Waals surface area contributed by atoms with Crippen LogP contribution in [-0.4, -0.2) is 27.9 Å². The number of amides is 2. The van der Waals surface area contributed by atoms with Gasteiger partial charge in [-0.1, -0.05) is 44.2 Å². The molecule has 2 amide bonds. The maximum Gasteiger partial charge on any atom is 0.337 e. The number of aromatic amines is 1. The van der Waals surface area contributed by atoms with Crippen LogP contribution in [0.15, 0.2) is 48.5 Å². The molecule has 2 aromatic carbocycles. The molecule has 0 aliphatic carbocycles. The van der Waals surface area contributed by atoms with Gasteiger partial charge in [-0.25, -0.2) is 4.79 Å². The number of carbonyl (C=O) groups is 3. The maximum absolute atomic E-state index is 12.8. The van der Waals surface area contributed by atoms with Crippen LogP contribution in [-0.2, 0) is 4.79 Å². The smallest absolute Gasteiger partial charge is 0.337 e. The Kier molecular flexibility index (Phi) is 7.36. The second-order valence-corrected chi connectivity index (χ2v) is 7.85. The van der Waals surface area contributed by atoms with Gasteiger partial charge >= 0.3 is 5.97 Å². The summed E-state index contributed by atoms with van der Waals surface area (Å²) >= 11 is 0. The van der Waals surface area contributed by atoms with E-state index in [1.165, 1.54) is 0 Å². The van der Waals surface area contributed by atoms with Gasteiger partial charge in [0, 0.05) is 28.2 Å². The molecule has 1 unspecified atom stereocenters. The van der Waals surface area contributed by atoms with Crippen LogP contribution < -0.4 is 10.6 Å². The van der Waals surface area contributed by atoms with Crippen molar-refractivity contribution in [3.63, 3.8) is 0 Å². The molecule has 7 heteroatoms. The summed E-state index contributed by atoms with van der Waals surface area (Å²) in [5, 5.41) is 15.2. The zero-order valence-electron chi connectivity index (χ0n) is 19.9. The number of carbonyl (C=O) groups excluding carboxylic acids is 2. The van der Waals surface area contributed by atoms with Crippen molar-refractivity contribution < 1.29 is 19.5 Å². The lowest BCUT2D eigenvalue weighted by Crippen LogP contribution is -2.26. The number of fused-ring (bicyclic) bond motifs is 1. The van der Waals surface area contributed by atoms with Crippen LogP contribution in [0.5, 0.6) is 0 Å². The molecule has 0 saturated carbocycles. The van der Waals surface area contributed by atoms with Crippen LogP contribution in [0.25, 0.3) is 11.6 Å². The highest BCUT2D eigenvalue weighted by molar-refractivity contribution is 6.35. The number of hydrogen-bond acceptors (Lipinski definition) is 3. The Labute approximate surface area is 198 Å². The number of benzene rings is 2. The van der Waals surface area contributed by atoms with E-state index < -0.39 is 5.97 Å². The maximum atomic E-state index is 12.8. The average Bonchev–Trinajstić information content (AvgIpc) is 3.29. The zero-order chi connectivity index (χ0) is 25.0. The molecule has 3 aromatic rings. The summed E-state index contributed by atoms with van der Waals surface area (Å²) in [7, 11) is 0. The van der Waals surface area contributed by atoms with Crippen molar-refractivity contribution in [3.8, 4) is 0 Å². The van der Waals surface area contributed by atoms with Crippen molar-refractivity contribution in [3.05, 3.63) is 87.7 Å². The Morgan fingerprint density at radius 1 is 1.06 bits per heavy atom. The minimum absolute atomic E-state index is 0.175. The van der Waals surface area contributed by atoms with Gasteiger partial charge in [-0.3, -0.25) is 9.59 Å². The summed E-state index contributed by atoms with van der Waals surface area (Å²) in [6, 6.07) is 14.5. The summed E-state index contributed by atoms with van der Waals surface area (Å²) in [5.41, 5.74) is 4.80. The number of carboxylic acid groups (broad SMARTS) is 1. The van der Waals surface area contributed by atoms with E-state index in [0.29, 0.717) is 39.3 Å². The van der Waals surface area contributed by atoms with Gasteiger partial charge in [-0.2, -0.15) is 0 Å². The third-order valence-corrected chi connectivity index (χ3v) is 5.69. The predicted octanol–water partition coefficient (Wildman–Crippen LogP) is 5.34. The lowest BCUT2D eigenvalue weighted by molar-refractivity contribution is -0.110. The predicted molar refractivity (Wildman–Crippen MR) is 134 cm³/mol. The number of anilines is 1. The number of rotatable bonds is 5. The quantitative estimate of drug-likeness (QED) is 0.386. The summed E-state index contributed by atoms with van der Waals surface area (Å²) in [6.45, 7) is 9.28. The van der Waals surface area contributed by atoms with E-state index in [4.69, 9.17) is 0 Å². The standard InChI is InChI=1S/C25H23N3O4.C2H6/c1-13-21(26-15(3)22(13)25(31)32)12-19-18-11-17(9-10-20(18)28-24(19)30)23(29)27-14(2)16-7-5-4-6-8-16;1-2/h4-12,14,26H,1-3H3,(H,27,29)(H,28,30)(H,31,32);1-2H3/b19-12-;. The highest BCUT2D eigenvalue weighted by Crippen LogP contribution is 2.35. The lowest BCUT2D eigenvalue weighted by atomic mass is 10.0. The molecule has 1 atom stereocenters. The van der Waals surface area contributed by atoms with Gasteiger partial charge < -0.3 is 20.7 Å². The minimum atomic E-state index is -1.02. The number of aryl methyl sites for hydroxylation is 1. The first-order chi connectivity index (χ1) is 16.3. The van der Waals surface area contributed by atoms with Gasteiger partial charge in [-0.15, -0.1) is 0 Å². The number of hydrogen-bond donors (Lipinski definition) is 4. The van der Waals surface area contributed by atoms with Gasteiger partial charge in [-0.05, 0) is 56.2 Å². The molecule has 4 rings (SSSR count). The fraction of sp³-hybridized carbons (Fsp3) is 0.222. The Morgan fingerprint density at radius 3 is 2.35 bits per heavy atom. The zero-order valence-corrected chi connectivity index (χ0v) is 19.9. The summed E-state index contributed by atoms with van der Waals surface area (Å²) in [6.07, 6.45) is 1.63. The molecule has 7 nitrogen and oxygen atoms in total. The van der Waals surface area contributed by atoms with E-state index in [1.807, 2.05) is 51.1 Å². The molecule has 0 saturated heterocycles. The van der Waals surface area contributed by atoms with E-state index in [-0.39, 0.29) is 23.4 Å². The van der Waals surface area contributed by atoms with Crippen LogP contribution in [0.1, 0.15) is 75.6 Å². The first kappa shape index (κ1) is 24.5. The third kappa shape index (κ3) is 4.78. The van der Waals surface area contributed by atoms with Crippen LogP contribution in [0.2, 0.25) is 0 Å². The summed E-state index contributed by atoms with van der Waals surface area (Å²) < 4.78 is 0. The van der Waals surface area contributed by atoms with Gasteiger partial charge in [0.15, 0.2) is 0 Å². The molecular weight excluding hydrogens is 430 g/mol. The van der Waals surface area contributed by atoms with E-state index in [1.54, 1.807) is 38.1 Å². The average molecular weight is 460 g/mol. The van der Waals surface area contributed by atoms with Crippen LogP contribution in [0.3, 0.4) is 0 Å². The van der Waals surface area contributed by atoms with Gasteiger partial charge in [0.1, 0.15) is 0 Å². The van der Waals surface area contributed by atoms with E-state index in [9.17, 15) is 19.5 Å². The number of carboxylic acids is 1. The van der Waals surface area contributed by atoms with Crippen molar-refractivity contribution in [2.45, 2.75) is 40.7 Å². The van der Waals surface area contributed by atoms with E-state index in [2.05, 4.69) is 15.6 Å². The minimum Gasteiger partial charge on any atom is -0.478 e. The van der Waals surface area contributed by atoms with Crippen LogP contribution in [0, 0.1) is 13.8 Å². The molecule has 0 radical (unpaired) electrons.